The summed E-state index contributed by atoms with van der Waals surface area (Å²) in [4.78, 5) is 31.0. The summed E-state index contributed by atoms with van der Waals surface area (Å²) in [5.74, 6) is -3.57. The van der Waals surface area contributed by atoms with Crippen LogP contribution in [-0.4, -0.2) is 28.9 Å². The average molecular weight is 450 g/mol. The highest BCUT2D eigenvalue weighted by atomic mass is 19.1. The number of hydrogen-bond donors (Lipinski definition) is 1. The van der Waals surface area contributed by atoms with Crippen molar-refractivity contribution in [2.24, 2.45) is 0 Å². The minimum absolute atomic E-state index is 0.234. The fourth-order valence-electron chi connectivity index (χ4n) is 4.02. The van der Waals surface area contributed by atoms with Gasteiger partial charge in [-0.25, -0.2) is 8.78 Å². The summed E-state index contributed by atoms with van der Waals surface area (Å²) in [7, 11) is 1.52. The molecule has 8 heteroatoms. The van der Waals surface area contributed by atoms with Crippen LogP contribution in [-0.2, 0) is 9.59 Å². The number of anilines is 1. The van der Waals surface area contributed by atoms with Crippen molar-refractivity contribution in [1.29, 1.82) is 0 Å². The maximum absolute atomic E-state index is 14.7. The van der Waals surface area contributed by atoms with Crippen LogP contribution in [0.4, 0.5) is 14.5 Å². The zero-order chi connectivity index (χ0) is 23.9. The number of Topliss-reactive ketones (excluding diaryl/α,β-unsaturated/α-hetero) is 1. The maximum atomic E-state index is 14.7. The lowest BCUT2D eigenvalue weighted by atomic mass is 9.93. The second kappa shape index (κ2) is 8.46. The van der Waals surface area contributed by atoms with Crippen molar-refractivity contribution >= 4 is 23.1 Å². The van der Waals surface area contributed by atoms with E-state index in [0.717, 1.165) is 23.1 Å². The van der Waals surface area contributed by atoms with E-state index in [0.29, 0.717) is 28.0 Å². The van der Waals surface area contributed by atoms with Crippen molar-refractivity contribution in [3.63, 3.8) is 0 Å². The van der Waals surface area contributed by atoms with Gasteiger partial charge in [-0.2, -0.15) is 0 Å². The van der Waals surface area contributed by atoms with Crippen LogP contribution in [0.3, 0.4) is 0 Å². The molecular weight excluding hydrogens is 430 g/mol. The normalized spacial score (nSPS) is 17.5. The third-order valence-corrected chi connectivity index (χ3v) is 5.63. The Kier molecular flexibility index (Phi) is 5.68. The first-order chi connectivity index (χ1) is 15.7. The number of nitrogens with zero attached hydrogens (tertiary/aromatic N) is 2. The lowest BCUT2D eigenvalue weighted by Crippen LogP contribution is -2.30. The van der Waals surface area contributed by atoms with Crippen LogP contribution in [0, 0.1) is 25.5 Å². The molecule has 0 bridgehead atoms. The Balaban J connectivity index is 1.99. The van der Waals surface area contributed by atoms with Crippen LogP contribution < -0.4 is 9.64 Å². The number of aliphatic hydroxyl groups excluding tert-OH is 1. The number of benzene rings is 2. The summed E-state index contributed by atoms with van der Waals surface area (Å²) in [5, 5.41) is 11.3. The molecule has 1 fully saturated rings. The van der Waals surface area contributed by atoms with Gasteiger partial charge in [0.1, 0.15) is 23.1 Å². The van der Waals surface area contributed by atoms with Gasteiger partial charge in [0, 0.05) is 24.0 Å². The number of aliphatic hydroxyl groups is 1. The summed E-state index contributed by atoms with van der Waals surface area (Å²) in [6, 6.07) is 7.88. The number of carbonyl (C=O) groups is 2. The Morgan fingerprint density at radius 1 is 1.03 bits per heavy atom. The highest BCUT2D eigenvalue weighted by molar-refractivity contribution is 6.51. The van der Waals surface area contributed by atoms with Crippen LogP contribution >= 0.6 is 0 Å². The van der Waals surface area contributed by atoms with E-state index in [2.05, 4.69) is 4.98 Å². The van der Waals surface area contributed by atoms with Crippen LogP contribution in [0.15, 0.2) is 60.4 Å². The highest BCUT2D eigenvalue weighted by Crippen LogP contribution is 2.43. The highest BCUT2D eigenvalue weighted by Gasteiger charge is 2.48. The molecule has 3 aromatic rings. The standard InChI is InChI=1S/C25H20F2N2O4/c1-13-11-20(33-3)14(2)10-17(13)23(30)21-22(15-6-8-28-9-7-15)29(25(32)24(21)31)19-12-16(26)4-5-18(19)27/h4-12,22,30H,1-3H3/b23-21+. The number of aromatic nitrogens is 1. The number of amides is 1. The fourth-order valence-corrected chi connectivity index (χ4v) is 4.02. The molecule has 1 N–H and O–H groups in total. The number of rotatable bonds is 4. The molecule has 1 aliphatic heterocycles. The number of aryl methyl sites for hydroxylation is 2. The molecule has 1 amide bonds. The molecule has 1 aliphatic rings. The summed E-state index contributed by atoms with van der Waals surface area (Å²) >= 11 is 0. The molecule has 2 aromatic carbocycles. The van der Waals surface area contributed by atoms with E-state index in [4.69, 9.17) is 4.74 Å². The van der Waals surface area contributed by atoms with Crippen molar-refractivity contribution in [1.82, 2.24) is 4.98 Å². The van der Waals surface area contributed by atoms with Crippen molar-refractivity contribution in [3.05, 3.63) is 94.3 Å². The summed E-state index contributed by atoms with van der Waals surface area (Å²) in [6.07, 6.45) is 2.89. The van der Waals surface area contributed by atoms with Gasteiger partial charge in [-0.3, -0.25) is 19.5 Å². The Morgan fingerprint density at radius 2 is 1.73 bits per heavy atom. The number of halogens is 2. The molecule has 1 unspecified atom stereocenters. The number of pyridine rings is 1. The zero-order valence-electron chi connectivity index (χ0n) is 18.1. The Hall–Kier alpha value is -4.07. The molecule has 33 heavy (non-hydrogen) atoms. The van der Waals surface area contributed by atoms with Gasteiger partial charge in [-0.15, -0.1) is 0 Å². The SMILES string of the molecule is COc1cc(C)c(/C(O)=C2\C(=O)C(=O)N(c3cc(F)ccc3F)C2c2ccncc2)cc1C. The van der Waals surface area contributed by atoms with Gasteiger partial charge in [0.2, 0.25) is 0 Å². The Bertz CT molecular complexity index is 1310. The predicted molar refractivity (Wildman–Crippen MR) is 118 cm³/mol. The van der Waals surface area contributed by atoms with E-state index >= 15 is 0 Å². The molecule has 0 radical (unpaired) electrons. The van der Waals surface area contributed by atoms with Crippen LogP contribution in [0.1, 0.15) is 28.3 Å². The van der Waals surface area contributed by atoms with Gasteiger partial charge < -0.3 is 9.84 Å². The van der Waals surface area contributed by atoms with Crippen LogP contribution in [0.5, 0.6) is 5.75 Å². The number of hydrogen-bond acceptors (Lipinski definition) is 5. The molecule has 1 saturated heterocycles. The van der Waals surface area contributed by atoms with Gasteiger partial charge in [0.25, 0.3) is 11.7 Å². The summed E-state index contributed by atoms with van der Waals surface area (Å²) < 4.78 is 34.0. The van der Waals surface area contributed by atoms with Crippen molar-refractivity contribution in [3.8, 4) is 5.75 Å². The smallest absolute Gasteiger partial charge is 0.300 e. The summed E-state index contributed by atoms with van der Waals surface area (Å²) in [6.45, 7) is 3.50. The maximum Gasteiger partial charge on any atom is 0.300 e. The fraction of sp³-hybridized carbons (Fsp3) is 0.160. The lowest BCUT2D eigenvalue weighted by Gasteiger charge is -2.25. The van der Waals surface area contributed by atoms with Gasteiger partial charge in [-0.05, 0) is 66.9 Å². The van der Waals surface area contributed by atoms with Crippen LogP contribution in [0.25, 0.3) is 5.76 Å². The minimum atomic E-state index is -1.19. The molecule has 6 nitrogen and oxygen atoms in total. The second-order valence-corrected chi connectivity index (χ2v) is 7.68. The predicted octanol–water partition coefficient (Wildman–Crippen LogP) is 4.61. The third-order valence-electron chi connectivity index (χ3n) is 5.63. The lowest BCUT2D eigenvalue weighted by molar-refractivity contribution is -0.132. The van der Waals surface area contributed by atoms with Crippen LogP contribution in [0.2, 0.25) is 0 Å². The zero-order valence-corrected chi connectivity index (χ0v) is 18.1. The van der Waals surface area contributed by atoms with E-state index in [1.54, 1.807) is 38.1 Å². The van der Waals surface area contributed by atoms with E-state index in [9.17, 15) is 23.5 Å². The van der Waals surface area contributed by atoms with E-state index in [1.807, 2.05) is 0 Å². The molecule has 4 rings (SSSR count). The van der Waals surface area contributed by atoms with Gasteiger partial charge in [0.15, 0.2) is 0 Å². The number of carbonyl (C=O) groups excluding carboxylic acids is 2. The molecule has 168 valence electrons. The Morgan fingerprint density at radius 3 is 2.39 bits per heavy atom. The first-order valence-corrected chi connectivity index (χ1v) is 10.1. The van der Waals surface area contributed by atoms with Crippen molar-refractivity contribution < 1.29 is 28.2 Å². The van der Waals surface area contributed by atoms with Crippen molar-refractivity contribution in [2.45, 2.75) is 19.9 Å². The first-order valence-electron chi connectivity index (χ1n) is 10.1. The van der Waals surface area contributed by atoms with E-state index in [-0.39, 0.29) is 5.57 Å². The Labute approximate surface area is 188 Å². The van der Waals surface area contributed by atoms with Gasteiger partial charge in [-0.1, -0.05) is 0 Å². The van der Waals surface area contributed by atoms with Gasteiger partial charge >= 0.3 is 0 Å². The number of methoxy groups -OCH3 is 1. The second-order valence-electron chi connectivity index (χ2n) is 7.68. The molecule has 0 aliphatic carbocycles. The largest absolute Gasteiger partial charge is 0.507 e. The molecule has 2 heterocycles. The molecule has 1 atom stereocenters. The van der Waals surface area contributed by atoms with Gasteiger partial charge in [0.05, 0.1) is 24.4 Å². The quantitative estimate of drug-likeness (QED) is 0.357. The summed E-state index contributed by atoms with van der Waals surface area (Å²) in [5.41, 5.74) is 1.40. The molecule has 0 saturated carbocycles. The van der Waals surface area contributed by atoms with Crippen molar-refractivity contribution in [2.75, 3.05) is 12.0 Å². The minimum Gasteiger partial charge on any atom is -0.507 e. The number of ether oxygens (including phenoxy) is 1. The third kappa shape index (κ3) is 3.73. The first kappa shape index (κ1) is 22.1. The topological polar surface area (TPSA) is 79.7 Å². The number of ketones is 1. The monoisotopic (exact) mass is 450 g/mol. The molecule has 0 spiro atoms. The molecule has 1 aromatic heterocycles. The average Bonchev–Trinajstić information content (AvgIpc) is 3.07. The van der Waals surface area contributed by atoms with E-state index < -0.39 is 40.8 Å². The van der Waals surface area contributed by atoms with E-state index in [1.165, 1.54) is 19.5 Å². The molecular formula is C25H20F2N2O4.